The molecule has 0 heterocycles. The number of rotatable bonds is 10. The summed E-state index contributed by atoms with van der Waals surface area (Å²) in [6.07, 6.45) is 7.14. The van der Waals surface area contributed by atoms with Crippen LogP contribution in [0.1, 0.15) is 98.8 Å². The third-order valence-electron chi connectivity index (χ3n) is 2.27. The molecule has 0 unspecified atom stereocenters. The predicted octanol–water partition coefficient (Wildman–Crippen LogP) is -3.62. The van der Waals surface area contributed by atoms with Gasteiger partial charge in [0.05, 0.1) is 0 Å². The van der Waals surface area contributed by atoms with E-state index in [9.17, 15) is 25.5 Å². The van der Waals surface area contributed by atoms with Crippen LogP contribution in [0.15, 0.2) is 0 Å². The Kier molecular flexibility index (Phi) is 85.9. The molecule has 0 aliphatic carbocycles. The Balaban J connectivity index is -0.0000000386. The second kappa shape index (κ2) is 50.9. The molecule has 0 amide bonds. The number of thiocarbonyl (C=S) groups is 5. The molecule has 0 aliphatic heterocycles. The van der Waals surface area contributed by atoms with E-state index in [0.717, 1.165) is 32.1 Å². The van der Waals surface area contributed by atoms with Gasteiger partial charge < -0.3 is 25.5 Å². The molecule has 33 heavy (non-hydrogen) atoms. The van der Waals surface area contributed by atoms with Crippen molar-refractivity contribution in [2.75, 3.05) is 0 Å². The van der Waals surface area contributed by atoms with Crippen LogP contribution in [0.4, 0.5) is 0 Å². The first-order chi connectivity index (χ1) is 13.9. The average Bonchev–Trinajstić information content (AvgIpc) is 2.56. The van der Waals surface area contributed by atoms with Crippen LogP contribution in [0.2, 0.25) is 0 Å². The molecule has 0 rings (SSSR count). The minimum absolute atomic E-state index is 0. The Bertz CT molecular complexity index is 368. The smallest absolute Gasteiger partial charge is 0.867 e. The van der Waals surface area contributed by atoms with E-state index >= 15 is 0 Å². The quantitative estimate of drug-likeness (QED) is 0.164. The van der Waals surface area contributed by atoms with Crippen molar-refractivity contribution in [3.05, 3.63) is 0 Å². The van der Waals surface area contributed by atoms with Crippen LogP contribution in [0.3, 0.4) is 0 Å². The summed E-state index contributed by atoms with van der Waals surface area (Å²) in [7, 11) is 0. The molecular weight excluding hydrogens is 723 g/mol. The van der Waals surface area contributed by atoms with Crippen LogP contribution >= 0.6 is 61.1 Å². The Labute approximate surface area is 288 Å². The third kappa shape index (κ3) is 120. The van der Waals surface area contributed by atoms with Crippen molar-refractivity contribution < 1.29 is 107 Å². The van der Waals surface area contributed by atoms with Gasteiger partial charge >= 0.3 is 81.5 Å². The molecule has 5 nitrogen and oxygen atoms in total. The monoisotopic (exact) mass is 758 g/mol. The summed E-state index contributed by atoms with van der Waals surface area (Å²) in [5.41, 5.74) is 0. The van der Waals surface area contributed by atoms with Gasteiger partial charge in [0.2, 0.25) is 0 Å². The van der Waals surface area contributed by atoms with Crippen LogP contribution < -0.4 is 84.6 Å². The molecule has 0 saturated heterocycles. The molecule has 0 fully saturated rings. The third-order valence-corrected chi connectivity index (χ3v) is 3.29. The molecule has 0 aromatic heterocycles. The second-order valence-electron chi connectivity index (χ2n) is 5.61. The fourth-order valence-electron chi connectivity index (χ4n) is 1.02. The fourth-order valence-corrected chi connectivity index (χ4v) is 2.04. The summed E-state index contributed by atoms with van der Waals surface area (Å²) in [4.78, 5) is 0. The van der Waals surface area contributed by atoms with E-state index in [1.165, 1.54) is 0 Å². The average molecular weight is 759 g/mol. The van der Waals surface area contributed by atoms with Crippen LogP contribution in [-0.4, -0.2) is 25.3 Å². The summed E-state index contributed by atoms with van der Waals surface area (Å²) in [5, 5.41) is 48.7. The molecule has 0 aromatic rings. The molecule has 188 valence electrons. The van der Waals surface area contributed by atoms with Crippen LogP contribution in [0.25, 0.3) is 0 Å². The van der Waals surface area contributed by atoms with Crippen molar-refractivity contribution in [1.82, 2.24) is 0 Å². The van der Waals surface area contributed by atoms with Gasteiger partial charge in [0.15, 0.2) is 0 Å². The Morgan fingerprint density at radius 3 is 0.485 bits per heavy atom. The van der Waals surface area contributed by atoms with E-state index in [0.29, 0.717) is 32.1 Å². The molecule has 0 bridgehead atoms. The minimum atomic E-state index is -0.127. The van der Waals surface area contributed by atoms with Crippen LogP contribution in [0, 0.1) is 0 Å². The largest absolute Gasteiger partial charge is 3.00 e. The SMILES string of the molecule is CCCC([O-])=S.CCCC([O-])=S.CCCC([O-])=S.CCCC([O-])=S.CCCC([O-])=S.[Au+3].[Na+].[Na+]. The Morgan fingerprint density at radius 2 is 0.485 bits per heavy atom. The molecule has 13 heteroatoms. The zero-order valence-corrected chi connectivity index (χ0v) is 31.2. The first-order valence-electron chi connectivity index (χ1n) is 9.84. The zero-order chi connectivity index (χ0) is 25.0. The van der Waals surface area contributed by atoms with Crippen molar-refractivity contribution in [3.63, 3.8) is 0 Å². The fraction of sp³-hybridized carbons (Fsp3) is 0.750. The van der Waals surface area contributed by atoms with E-state index < -0.39 is 0 Å². The van der Waals surface area contributed by atoms with E-state index in [2.05, 4.69) is 61.1 Å². The van der Waals surface area contributed by atoms with Gasteiger partial charge in [-0.1, -0.05) is 92.0 Å². The van der Waals surface area contributed by atoms with Crippen molar-refractivity contribution in [3.8, 4) is 0 Å². The van der Waals surface area contributed by atoms with E-state index in [4.69, 9.17) is 0 Å². The summed E-state index contributed by atoms with van der Waals surface area (Å²) in [6, 6.07) is 0. The van der Waals surface area contributed by atoms with Gasteiger partial charge in [-0.25, -0.2) is 0 Å². The molecule has 0 N–H and O–H groups in total. The summed E-state index contributed by atoms with van der Waals surface area (Å²) >= 11 is 21.2. The number of hydrogen-bond donors (Lipinski definition) is 0. The molecule has 0 spiro atoms. The van der Waals surface area contributed by atoms with Gasteiger partial charge in [-0.05, 0) is 32.1 Å². The second-order valence-corrected chi connectivity index (χ2v) is 7.89. The summed E-state index contributed by atoms with van der Waals surface area (Å²) in [5.74, 6) is 0. The molecule has 0 atom stereocenters. The molecular formula is C20H35AuNa2O5S5. The van der Waals surface area contributed by atoms with Crippen LogP contribution in [-0.2, 0) is 22.4 Å². The standard InChI is InChI=1S/5C4H8OS.Au.2Na/c5*1-2-3-4(5)6;;;/h5*2-3H2,1H3,(H,5,6);;;/q;;;;;+3;2*+1/p-5. The maximum atomic E-state index is 9.86. The molecule has 0 aliphatic rings. The summed E-state index contributed by atoms with van der Waals surface area (Å²) in [6.45, 7) is 9.67. The van der Waals surface area contributed by atoms with Crippen molar-refractivity contribution in [2.24, 2.45) is 0 Å². The van der Waals surface area contributed by atoms with E-state index in [1.807, 2.05) is 34.6 Å². The van der Waals surface area contributed by atoms with Crippen LogP contribution in [0.5, 0.6) is 0 Å². The maximum absolute atomic E-state index is 9.86. The Morgan fingerprint density at radius 1 is 0.394 bits per heavy atom. The van der Waals surface area contributed by atoms with Crippen molar-refractivity contribution >= 4 is 86.3 Å². The molecule has 0 saturated carbocycles. The van der Waals surface area contributed by atoms with Gasteiger partial charge in [0.25, 0.3) is 0 Å². The Hall–Kier alpha value is 2.19. The van der Waals surface area contributed by atoms with Crippen molar-refractivity contribution in [2.45, 2.75) is 98.8 Å². The molecule has 0 aromatic carbocycles. The topological polar surface area (TPSA) is 115 Å². The number of hydrogen-bond acceptors (Lipinski definition) is 10. The first-order valence-corrected chi connectivity index (χ1v) is 11.9. The first kappa shape index (κ1) is 55.6. The van der Waals surface area contributed by atoms with Crippen molar-refractivity contribution in [1.29, 1.82) is 0 Å². The van der Waals surface area contributed by atoms with E-state index in [-0.39, 0.29) is 107 Å². The van der Waals surface area contributed by atoms with Gasteiger partial charge in [0.1, 0.15) is 0 Å². The van der Waals surface area contributed by atoms with Gasteiger partial charge in [-0.2, -0.15) is 0 Å². The predicted molar refractivity (Wildman–Crippen MR) is 138 cm³/mol. The maximum Gasteiger partial charge on any atom is 3.00 e. The van der Waals surface area contributed by atoms with Gasteiger partial charge in [-0.3, -0.25) is 0 Å². The van der Waals surface area contributed by atoms with Gasteiger partial charge in [-0.15, -0.1) is 61.1 Å². The summed E-state index contributed by atoms with van der Waals surface area (Å²) < 4.78 is 0. The molecule has 0 radical (unpaired) electrons. The zero-order valence-electron chi connectivity index (χ0n) is 21.0. The minimum Gasteiger partial charge on any atom is -0.867 e. The normalized spacial score (nSPS) is 7.42. The van der Waals surface area contributed by atoms with Gasteiger partial charge in [0, 0.05) is 0 Å². The van der Waals surface area contributed by atoms with E-state index in [1.54, 1.807) is 0 Å².